The lowest BCUT2D eigenvalue weighted by Crippen LogP contribution is -2.53. The molecular formula is C33H39F2N3O3. The van der Waals surface area contributed by atoms with Crippen LogP contribution in [0.3, 0.4) is 0 Å². The van der Waals surface area contributed by atoms with Crippen LogP contribution in [0.1, 0.15) is 55.8 Å². The van der Waals surface area contributed by atoms with E-state index in [0.29, 0.717) is 50.5 Å². The summed E-state index contributed by atoms with van der Waals surface area (Å²) in [5.74, 6) is -3.25. The van der Waals surface area contributed by atoms with E-state index >= 15 is 0 Å². The molecule has 8 heteroatoms. The number of rotatable bonds is 8. The minimum atomic E-state index is -1.17. The molecule has 2 aliphatic rings. The number of nitrogens with zero attached hydrogens (tertiary/aromatic N) is 1. The van der Waals surface area contributed by atoms with Gasteiger partial charge in [0.05, 0.1) is 11.0 Å². The zero-order chi connectivity index (χ0) is 29.6. The van der Waals surface area contributed by atoms with Crippen LogP contribution in [0.5, 0.6) is 0 Å². The Kier molecular flexibility index (Phi) is 9.56. The van der Waals surface area contributed by atoms with Crippen LogP contribution in [-0.4, -0.2) is 48.6 Å². The second kappa shape index (κ2) is 12.9. The predicted molar refractivity (Wildman–Crippen MR) is 155 cm³/mol. The Morgan fingerprint density at radius 1 is 0.951 bits per heavy atom. The molecule has 0 spiro atoms. The standard InChI is InChI=1S/C24H26F2N2O3.C9H13N/c1-16(29)27-23(17-5-3-2-4-6-17)9-11-28(12-10-23)15-19-14-24(19,22(30)31)18-7-8-20(25)21(26)13-18;1-8(10-2)9-6-4-3-5-7-9/h2-8,13,19H,9-12,14-15H2,1H3,(H,27,29)(H,30,31);3-8,10H,1-2H3/t19-,24+;/m0./s1. The largest absolute Gasteiger partial charge is 0.481 e. The van der Waals surface area contributed by atoms with E-state index in [2.05, 4.69) is 46.7 Å². The zero-order valence-electron chi connectivity index (χ0n) is 23.9. The minimum absolute atomic E-state index is 0.0808. The molecule has 1 unspecified atom stereocenters. The summed E-state index contributed by atoms with van der Waals surface area (Å²) in [6.07, 6.45) is 1.84. The summed E-state index contributed by atoms with van der Waals surface area (Å²) in [5.41, 5.74) is 1.12. The van der Waals surface area contributed by atoms with E-state index in [1.807, 2.05) is 43.4 Å². The number of carbonyl (C=O) groups excluding carboxylic acids is 1. The summed E-state index contributed by atoms with van der Waals surface area (Å²) in [7, 11) is 1.97. The van der Waals surface area contributed by atoms with Crippen molar-refractivity contribution < 1.29 is 23.5 Å². The molecule has 0 radical (unpaired) electrons. The number of piperidine rings is 1. The number of carboxylic acid groups (broad SMARTS) is 1. The topological polar surface area (TPSA) is 81.7 Å². The molecule has 0 bridgehead atoms. The van der Waals surface area contributed by atoms with Gasteiger partial charge in [-0.15, -0.1) is 0 Å². The first-order valence-corrected chi connectivity index (χ1v) is 14.1. The van der Waals surface area contributed by atoms with Crippen molar-refractivity contribution in [2.24, 2.45) is 5.92 Å². The average molecular weight is 564 g/mol. The number of halogens is 2. The Labute approximate surface area is 240 Å². The molecule has 3 N–H and O–H groups in total. The van der Waals surface area contributed by atoms with E-state index in [1.165, 1.54) is 18.6 Å². The Morgan fingerprint density at radius 3 is 2.10 bits per heavy atom. The van der Waals surface area contributed by atoms with E-state index in [0.717, 1.165) is 17.7 Å². The highest BCUT2D eigenvalue weighted by atomic mass is 19.2. The number of hydrogen-bond donors (Lipinski definition) is 3. The lowest BCUT2D eigenvalue weighted by molar-refractivity contribution is -0.140. The van der Waals surface area contributed by atoms with Gasteiger partial charge in [-0.3, -0.25) is 9.59 Å². The van der Waals surface area contributed by atoms with Crippen molar-refractivity contribution in [3.8, 4) is 0 Å². The van der Waals surface area contributed by atoms with Crippen LogP contribution < -0.4 is 10.6 Å². The summed E-state index contributed by atoms with van der Waals surface area (Å²) in [5, 5.41) is 16.2. The Balaban J connectivity index is 0.000000328. The Bertz CT molecular complexity index is 1330. The van der Waals surface area contributed by atoms with Crippen molar-refractivity contribution in [3.05, 3.63) is 107 Å². The number of likely N-dealkylation sites (tertiary alicyclic amines) is 1. The van der Waals surface area contributed by atoms with Gasteiger partial charge in [0, 0.05) is 32.6 Å². The highest BCUT2D eigenvalue weighted by Crippen LogP contribution is 2.55. The fourth-order valence-electron chi connectivity index (χ4n) is 5.98. The van der Waals surface area contributed by atoms with Gasteiger partial charge in [-0.1, -0.05) is 66.7 Å². The maximum absolute atomic E-state index is 13.7. The van der Waals surface area contributed by atoms with Crippen molar-refractivity contribution in [3.63, 3.8) is 0 Å². The molecule has 6 nitrogen and oxygen atoms in total. The predicted octanol–water partition coefficient (Wildman–Crippen LogP) is 5.40. The van der Waals surface area contributed by atoms with Crippen molar-refractivity contribution in [1.29, 1.82) is 0 Å². The number of aliphatic carboxylic acids is 1. The van der Waals surface area contributed by atoms with E-state index < -0.39 is 28.6 Å². The maximum atomic E-state index is 13.7. The Hall–Kier alpha value is -3.62. The quantitative estimate of drug-likeness (QED) is 0.342. The van der Waals surface area contributed by atoms with Crippen molar-refractivity contribution in [2.45, 2.75) is 50.1 Å². The molecular weight excluding hydrogens is 524 g/mol. The van der Waals surface area contributed by atoms with Crippen molar-refractivity contribution in [1.82, 2.24) is 15.5 Å². The Morgan fingerprint density at radius 2 is 1.56 bits per heavy atom. The maximum Gasteiger partial charge on any atom is 0.314 e. The molecule has 0 aromatic heterocycles. The second-order valence-corrected chi connectivity index (χ2v) is 11.2. The summed E-state index contributed by atoms with van der Waals surface area (Å²) in [6, 6.07) is 24.1. The monoisotopic (exact) mass is 563 g/mol. The number of carboxylic acids is 1. The van der Waals surface area contributed by atoms with Crippen LogP contribution in [0.2, 0.25) is 0 Å². The van der Waals surface area contributed by atoms with E-state index in [9.17, 15) is 23.5 Å². The van der Waals surface area contributed by atoms with Crippen LogP contribution in [0, 0.1) is 17.6 Å². The van der Waals surface area contributed by atoms with Gasteiger partial charge in [0.2, 0.25) is 5.91 Å². The van der Waals surface area contributed by atoms with Crippen molar-refractivity contribution in [2.75, 3.05) is 26.7 Å². The van der Waals surface area contributed by atoms with Gasteiger partial charge in [-0.2, -0.15) is 0 Å². The normalized spacial score (nSPS) is 22.1. The number of nitrogens with one attached hydrogen (secondary N) is 2. The third-order valence-corrected chi connectivity index (χ3v) is 8.58. The first-order valence-electron chi connectivity index (χ1n) is 14.1. The smallest absolute Gasteiger partial charge is 0.314 e. The molecule has 1 amide bonds. The molecule has 1 aliphatic carbocycles. The molecule has 1 saturated heterocycles. The molecule has 1 saturated carbocycles. The SMILES string of the molecule is CC(=O)NC1(c2ccccc2)CCN(C[C@@H]2C[C@@]2(C(=O)O)c2ccc(F)c(F)c2)CC1.CNC(C)c1ccccc1. The number of carbonyl (C=O) groups is 2. The summed E-state index contributed by atoms with van der Waals surface area (Å²) < 4.78 is 27.0. The lowest BCUT2D eigenvalue weighted by atomic mass is 9.80. The first-order chi connectivity index (χ1) is 19.6. The molecule has 3 aromatic carbocycles. The number of benzene rings is 3. The molecule has 3 atom stereocenters. The molecule has 218 valence electrons. The van der Waals surface area contributed by atoms with Gasteiger partial charge in [0.15, 0.2) is 11.6 Å². The van der Waals surface area contributed by atoms with Crippen molar-refractivity contribution >= 4 is 11.9 Å². The first kappa shape index (κ1) is 30.3. The van der Waals surface area contributed by atoms with E-state index in [4.69, 9.17) is 0 Å². The van der Waals surface area contributed by atoms with Crippen LogP contribution in [0.4, 0.5) is 8.78 Å². The third-order valence-electron chi connectivity index (χ3n) is 8.58. The van der Waals surface area contributed by atoms with E-state index in [1.54, 1.807) is 0 Å². The number of hydrogen-bond acceptors (Lipinski definition) is 4. The fourth-order valence-corrected chi connectivity index (χ4v) is 5.98. The van der Waals surface area contributed by atoms with Crippen LogP contribution in [0.15, 0.2) is 78.9 Å². The average Bonchev–Trinajstić information content (AvgIpc) is 3.71. The molecule has 2 fully saturated rings. The summed E-state index contributed by atoms with van der Waals surface area (Å²) in [4.78, 5) is 26.1. The molecule has 5 rings (SSSR count). The van der Waals surface area contributed by atoms with Gasteiger partial charge in [0.1, 0.15) is 0 Å². The van der Waals surface area contributed by atoms with Gasteiger partial charge in [-0.05, 0) is 68.0 Å². The molecule has 3 aromatic rings. The number of amides is 1. The molecule has 1 heterocycles. The van der Waals surface area contributed by atoms with Gasteiger partial charge in [-0.25, -0.2) is 8.78 Å². The summed E-state index contributed by atoms with van der Waals surface area (Å²) >= 11 is 0. The van der Waals surface area contributed by atoms with Gasteiger partial charge >= 0.3 is 5.97 Å². The zero-order valence-corrected chi connectivity index (χ0v) is 23.9. The second-order valence-electron chi connectivity index (χ2n) is 11.2. The van der Waals surface area contributed by atoms with Crippen LogP contribution >= 0.6 is 0 Å². The molecule has 41 heavy (non-hydrogen) atoms. The highest BCUT2D eigenvalue weighted by Gasteiger charge is 2.62. The third kappa shape index (κ3) is 6.82. The van der Waals surface area contributed by atoms with Gasteiger partial charge < -0.3 is 20.6 Å². The summed E-state index contributed by atoms with van der Waals surface area (Å²) in [6.45, 7) is 5.65. The molecule has 1 aliphatic heterocycles. The minimum Gasteiger partial charge on any atom is -0.481 e. The van der Waals surface area contributed by atoms with Crippen LogP contribution in [0.25, 0.3) is 0 Å². The fraction of sp³-hybridized carbons (Fsp3) is 0.394. The van der Waals surface area contributed by atoms with Crippen LogP contribution in [-0.2, 0) is 20.5 Å². The van der Waals surface area contributed by atoms with E-state index in [-0.39, 0.29) is 11.8 Å². The highest BCUT2D eigenvalue weighted by molar-refractivity contribution is 5.86. The lowest BCUT2D eigenvalue weighted by Gasteiger charge is -2.43. The van der Waals surface area contributed by atoms with Gasteiger partial charge in [0.25, 0.3) is 0 Å².